The molecule has 7 atom stereocenters. The number of nitrogens with one attached hydrogen (secondary N) is 2. The number of hydrogen-bond acceptors (Lipinski definition) is 9. The van der Waals surface area contributed by atoms with Crippen LogP contribution in [0.4, 0.5) is 5.69 Å². The zero-order valence-electron chi connectivity index (χ0n) is 27.1. The summed E-state index contributed by atoms with van der Waals surface area (Å²) < 4.78 is 12.0. The number of thiazole rings is 1. The zero-order chi connectivity index (χ0) is 34.7. The van der Waals surface area contributed by atoms with Gasteiger partial charge in [0.05, 0.1) is 23.5 Å². The zero-order valence-corrected chi connectivity index (χ0v) is 28.8. The molecular weight excluding hydrogens is 679 g/mol. The van der Waals surface area contributed by atoms with Crippen LogP contribution in [0.25, 0.3) is 10.8 Å². The van der Waals surface area contributed by atoms with Crippen LogP contribution in [-0.2, 0) is 19.2 Å². The lowest BCUT2D eigenvalue weighted by atomic mass is 9.68. The summed E-state index contributed by atoms with van der Waals surface area (Å²) in [4.78, 5) is 69.2. The number of aliphatic carboxylic acids is 1. The number of nitrogens with zero attached hydrogens (tertiary/aromatic N) is 1. The molecule has 2 saturated carbocycles. The Morgan fingerprint density at radius 3 is 2.56 bits per heavy atom. The van der Waals surface area contributed by atoms with E-state index in [4.69, 9.17) is 14.6 Å². The monoisotopic (exact) mass is 713 g/mol. The van der Waals surface area contributed by atoms with E-state index in [2.05, 4.69) is 10.3 Å². The number of aromatic amines is 1. The number of carboxylic acids is 1. The summed E-state index contributed by atoms with van der Waals surface area (Å²) in [6.07, 6.45) is 0.871. The van der Waals surface area contributed by atoms with Crippen LogP contribution in [0.1, 0.15) is 42.5 Å². The third kappa shape index (κ3) is 5.47. The van der Waals surface area contributed by atoms with E-state index >= 15 is 0 Å². The van der Waals surface area contributed by atoms with Crippen molar-refractivity contribution in [1.29, 1.82) is 0 Å². The molecule has 11 nitrogen and oxygen atoms in total. The highest BCUT2D eigenvalue weighted by molar-refractivity contribution is 8.00. The maximum atomic E-state index is 13.7. The fraction of sp³-hybridized carbons (Fsp3) is 0.378. The molecular formula is C37H35N3O8S2. The van der Waals surface area contributed by atoms with Gasteiger partial charge in [0, 0.05) is 40.1 Å². The minimum atomic E-state index is -0.957. The highest BCUT2D eigenvalue weighted by atomic mass is 32.2. The number of likely N-dealkylation sites (tertiary alicyclic amines) is 1. The second-order valence-electron chi connectivity index (χ2n) is 13.3. The molecule has 258 valence electrons. The van der Waals surface area contributed by atoms with Crippen LogP contribution in [0.3, 0.4) is 0 Å². The summed E-state index contributed by atoms with van der Waals surface area (Å²) in [7, 11) is 0. The van der Waals surface area contributed by atoms with Crippen molar-refractivity contribution in [2.24, 2.45) is 29.6 Å². The number of aromatic nitrogens is 1. The van der Waals surface area contributed by atoms with Crippen molar-refractivity contribution in [1.82, 2.24) is 9.88 Å². The van der Waals surface area contributed by atoms with Crippen molar-refractivity contribution in [3.8, 4) is 11.5 Å². The molecule has 2 aliphatic carbocycles. The average molecular weight is 714 g/mol. The maximum absolute atomic E-state index is 13.7. The SMILES string of the molecule is CCOc1cc([C@H]2c3sc(=O)[nH]c3SC3C4CC(C5C(=O)N(CCCC(=O)O)C(=O)C45)C32)ccc1OCC(=O)Nc1cccc2ccccc12. The molecule has 4 aromatic rings. The van der Waals surface area contributed by atoms with Crippen molar-refractivity contribution < 1.29 is 33.8 Å². The van der Waals surface area contributed by atoms with Crippen molar-refractivity contribution >= 4 is 63.2 Å². The van der Waals surface area contributed by atoms with Crippen LogP contribution < -0.4 is 19.7 Å². The number of thioether (sulfide) groups is 1. The number of carbonyl (C=O) groups excluding carboxylic acids is 3. The Hall–Kier alpha value is -4.62. The summed E-state index contributed by atoms with van der Waals surface area (Å²) in [5, 5.41) is 14.8. The van der Waals surface area contributed by atoms with Crippen molar-refractivity contribution in [2.45, 2.75) is 42.4 Å². The molecule has 1 saturated heterocycles. The van der Waals surface area contributed by atoms with Gasteiger partial charge in [-0.2, -0.15) is 0 Å². The third-order valence-corrected chi connectivity index (χ3v) is 13.2. The number of imide groups is 1. The van der Waals surface area contributed by atoms with E-state index in [0.29, 0.717) is 23.8 Å². The van der Waals surface area contributed by atoms with E-state index in [0.717, 1.165) is 32.7 Å². The lowest BCUT2D eigenvalue weighted by Crippen LogP contribution is -2.42. The Balaban J connectivity index is 1.06. The number of H-pyrrole nitrogens is 1. The standard InChI is InChI=1S/C37H35N3O8S2/c1-2-47-25-15-19(12-13-24(25)48-17-26(41)38-23-10-5-8-18-7-3-4-9-20(18)23)28-29-21-16-22(32(29)49-34-33(28)50-37(46)39-34)31-30(21)35(44)40(36(31)45)14-6-11-27(42)43/h3-5,7-10,12-13,15,21-22,28-32H,2,6,11,14,16-17H2,1H3,(H,38,41)(H,39,46)(H,42,43)/t21?,22?,28-,29?,30?,31?,32?/m1/s1. The molecule has 2 aliphatic heterocycles. The van der Waals surface area contributed by atoms with Crippen molar-refractivity contribution in [3.63, 3.8) is 0 Å². The molecule has 2 bridgehead atoms. The van der Waals surface area contributed by atoms with Gasteiger partial charge in [-0.15, -0.1) is 11.8 Å². The van der Waals surface area contributed by atoms with Crippen LogP contribution in [0.5, 0.6) is 11.5 Å². The molecule has 3 amide bonds. The van der Waals surface area contributed by atoms with Gasteiger partial charge >= 0.3 is 10.8 Å². The first-order valence-electron chi connectivity index (χ1n) is 16.9. The number of anilines is 1. The number of hydrogen-bond donors (Lipinski definition) is 3. The molecule has 0 radical (unpaired) electrons. The minimum absolute atomic E-state index is 0.00589. The third-order valence-electron chi connectivity index (χ3n) is 10.6. The van der Waals surface area contributed by atoms with Gasteiger partial charge in [-0.05, 0) is 66.7 Å². The van der Waals surface area contributed by atoms with Gasteiger partial charge < -0.3 is 24.9 Å². The Bertz CT molecular complexity index is 2090. The topological polar surface area (TPSA) is 155 Å². The predicted molar refractivity (Wildman–Crippen MR) is 188 cm³/mol. The van der Waals surface area contributed by atoms with Crippen LogP contribution >= 0.6 is 23.1 Å². The van der Waals surface area contributed by atoms with Crippen LogP contribution in [0, 0.1) is 29.6 Å². The first-order valence-corrected chi connectivity index (χ1v) is 18.6. The van der Waals surface area contributed by atoms with Gasteiger partial charge in [0.25, 0.3) is 5.91 Å². The second-order valence-corrected chi connectivity index (χ2v) is 15.5. The summed E-state index contributed by atoms with van der Waals surface area (Å²) in [6.45, 7) is 2.11. The average Bonchev–Trinajstić information content (AvgIpc) is 3.84. The van der Waals surface area contributed by atoms with Gasteiger partial charge in [-0.3, -0.25) is 28.9 Å². The van der Waals surface area contributed by atoms with Gasteiger partial charge in [-0.25, -0.2) is 0 Å². The summed E-state index contributed by atoms with van der Waals surface area (Å²) in [5.41, 5.74) is 1.61. The lowest BCUT2D eigenvalue weighted by Gasteiger charge is -2.43. The first kappa shape index (κ1) is 32.6. The van der Waals surface area contributed by atoms with Crippen LogP contribution in [0.15, 0.2) is 70.5 Å². The molecule has 0 spiro atoms. The molecule has 3 fully saturated rings. The molecule has 1 aromatic heterocycles. The minimum Gasteiger partial charge on any atom is -0.490 e. The Morgan fingerprint density at radius 1 is 0.980 bits per heavy atom. The van der Waals surface area contributed by atoms with Crippen LogP contribution in [-0.4, -0.2) is 63.7 Å². The Morgan fingerprint density at radius 2 is 1.76 bits per heavy atom. The number of rotatable bonds is 11. The number of ether oxygens (including phenoxy) is 2. The Kier molecular flexibility index (Phi) is 8.42. The molecule has 50 heavy (non-hydrogen) atoms. The summed E-state index contributed by atoms with van der Waals surface area (Å²) in [5.74, 6) is -1.98. The largest absolute Gasteiger partial charge is 0.490 e. The summed E-state index contributed by atoms with van der Waals surface area (Å²) in [6, 6.07) is 19.2. The lowest BCUT2D eigenvalue weighted by molar-refractivity contribution is -0.142. The molecule has 3 heterocycles. The number of fused-ring (bicyclic) bond motifs is 10. The van der Waals surface area contributed by atoms with Crippen LogP contribution in [0.2, 0.25) is 0 Å². The number of benzene rings is 3. The maximum Gasteiger partial charge on any atom is 0.305 e. The number of amides is 3. The van der Waals surface area contributed by atoms with Crippen molar-refractivity contribution in [3.05, 3.63) is 80.8 Å². The summed E-state index contributed by atoms with van der Waals surface area (Å²) >= 11 is 2.78. The smallest absolute Gasteiger partial charge is 0.305 e. The number of carbonyl (C=O) groups is 4. The Labute approximate surface area is 295 Å². The van der Waals surface area contributed by atoms with Gasteiger partial charge in [0.1, 0.15) is 0 Å². The predicted octanol–water partition coefficient (Wildman–Crippen LogP) is 5.34. The molecule has 13 heteroatoms. The molecule has 3 aromatic carbocycles. The van der Waals surface area contributed by atoms with E-state index in [9.17, 15) is 24.0 Å². The van der Waals surface area contributed by atoms with Gasteiger partial charge in [0.15, 0.2) is 18.1 Å². The highest BCUT2D eigenvalue weighted by Gasteiger charge is 2.69. The molecule has 6 unspecified atom stereocenters. The highest BCUT2D eigenvalue weighted by Crippen LogP contribution is 2.68. The van der Waals surface area contributed by atoms with E-state index in [-0.39, 0.29) is 77.5 Å². The molecule has 3 N–H and O–H groups in total. The normalized spacial score (nSPS) is 26.1. The number of carboxylic acid groups (broad SMARTS) is 1. The van der Waals surface area contributed by atoms with Gasteiger partial charge in [0.2, 0.25) is 11.8 Å². The van der Waals surface area contributed by atoms with E-state index in [1.807, 2.05) is 61.5 Å². The fourth-order valence-corrected chi connectivity index (χ4v) is 11.7. The molecule has 4 aliphatic rings. The van der Waals surface area contributed by atoms with Crippen molar-refractivity contribution in [2.75, 3.05) is 25.1 Å². The van der Waals surface area contributed by atoms with Gasteiger partial charge in [-0.1, -0.05) is 53.8 Å². The first-order chi connectivity index (χ1) is 24.2. The molecule has 8 rings (SSSR count). The van der Waals surface area contributed by atoms with E-state index in [1.54, 1.807) is 17.8 Å². The second kappa shape index (κ2) is 12.9. The quantitative estimate of drug-likeness (QED) is 0.175. The van der Waals surface area contributed by atoms with E-state index < -0.39 is 17.8 Å². The van der Waals surface area contributed by atoms with E-state index in [1.165, 1.54) is 16.2 Å². The fourth-order valence-electron chi connectivity index (χ4n) is 8.83.